The molecule has 0 bridgehead atoms. The van der Waals surface area contributed by atoms with E-state index in [-0.39, 0.29) is 18.5 Å². The van der Waals surface area contributed by atoms with E-state index in [1.807, 2.05) is 17.0 Å². The molecular formula is C19H23N3O3. The van der Waals surface area contributed by atoms with Crippen LogP contribution in [0.4, 0.5) is 4.79 Å². The van der Waals surface area contributed by atoms with Crippen molar-refractivity contribution in [2.45, 2.75) is 25.8 Å². The third-order valence-electron chi connectivity index (χ3n) is 4.57. The van der Waals surface area contributed by atoms with Crippen molar-refractivity contribution < 1.29 is 14.0 Å². The standard InChI is InChI=1S/C19H23N3O3/c1-14-5-2-3-7-17(14)15-8-9-22(13-15)18(23)12-21-19(24)20-11-16-6-4-10-25-16/h2-7,10,15H,8-9,11-13H2,1H3,(H2,20,21,24)/t15-/m1/s1. The lowest BCUT2D eigenvalue weighted by Gasteiger charge is -2.18. The first-order chi connectivity index (χ1) is 12.1. The van der Waals surface area contributed by atoms with E-state index < -0.39 is 0 Å². The van der Waals surface area contributed by atoms with Crippen LogP contribution in [0, 0.1) is 6.92 Å². The van der Waals surface area contributed by atoms with Crippen molar-refractivity contribution in [2.75, 3.05) is 19.6 Å². The zero-order valence-electron chi connectivity index (χ0n) is 14.3. The molecule has 1 fully saturated rings. The predicted molar refractivity (Wildman–Crippen MR) is 94.1 cm³/mol. The first kappa shape index (κ1) is 17.1. The average Bonchev–Trinajstić information content (AvgIpc) is 3.30. The third-order valence-corrected chi connectivity index (χ3v) is 4.57. The van der Waals surface area contributed by atoms with Gasteiger partial charge in [-0.25, -0.2) is 4.79 Å². The maximum absolute atomic E-state index is 12.3. The summed E-state index contributed by atoms with van der Waals surface area (Å²) in [5.74, 6) is 0.990. The topological polar surface area (TPSA) is 74.6 Å². The molecule has 1 aliphatic heterocycles. The van der Waals surface area contributed by atoms with Crippen molar-refractivity contribution in [2.24, 2.45) is 0 Å². The molecule has 2 N–H and O–H groups in total. The number of nitrogens with one attached hydrogen (secondary N) is 2. The lowest BCUT2D eigenvalue weighted by atomic mass is 9.94. The number of aryl methyl sites for hydroxylation is 1. The Bertz CT molecular complexity index is 727. The van der Waals surface area contributed by atoms with E-state index in [0.29, 0.717) is 24.8 Å². The fourth-order valence-corrected chi connectivity index (χ4v) is 3.20. The molecule has 2 heterocycles. The summed E-state index contributed by atoms with van der Waals surface area (Å²) in [4.78, 5) is 25.9. The van der Waals surface area contributed by atoms with Crippen LogP contribution in [0.15, 0.2) is 47.1 Å². The van der Waals surface area contributed by atoms with Gasteiger partial charge in [-0.3, -0.25) is 4.79 Å². The lowest BCUT2D eigenvalue weighted by Crippen LogP contribution is -2.42. The van der Waals surface area contributed by atoms with Crippen LogP contribution in [-0.4, -0.2) is 36.5 Å². The van der Waals surface area contributed by atoms with E-state index in [1.54, 1.807) is 18.4 Å². The minimum absolute atomic E-state index is 0.00444. The van der Waals surface area contributed by atoms with Crippen LogP contribution in [0.25, 0.3) is 0 Å². The van der Waals surface area contributed by atoms with Crippen molar-refractivity contribution in [3.63, 3.8) is 0 Å². The summed E-state index contributed by atoms with van der Waals surface area (Å²) >= 11 is 0. The zero-order chi connectivity index (χ0) is 17.6. The first-order valence-electron chi connectivity index (χ1n) is 8.51. The largest absolute Gasteiger partial charge is 0.467 e. The van der Waals surface area contributed by atoms with Crippen molar-refractivity contribution in [1.29, 1.82) is 0 Å². The Hall–Kier alpha value is -2.76. The van der Waals surface area contributed by atoms with Gasteiger partial charge < -0.3 is 20.0 Å². The van der Waals surface area contributed by atoms with Gasteiger partial charge in [0, 0.05) is 19.0 Å². The highest BCUT2D eigenvalue weighted by atomic mass is 16.3. The molecule has 1 saturated heterocycles. The summed E-state index contributed by atoms with van der Waals surface area (Å²) in [6.45, 7) is 3.84. The van der Waals surface area contributed by atoms with Gasteiger partial charge >= 0.3 is 6.03 Å². The summed E-state index contributed by atoms with van der Waals surface area (Å²) in [6.07, 6.45) is 2.51. The van der Waals surface area contributed by atoms with E-state index in [2.05, 4.69) is 29.7 Å². The maximum atomic E-state index is 12.3. The van der Waals surface area contributed by atoms with Crippen LogP contribution >= 0.6 is 0 Å². The molecule has 1 atom stereocenters. The summed E-state index contributed by atoms with van der Waals surface area (Å²) < 4.78 is 5.14. The number of hydrogen-bond acceptors (Lipinski definition) is 3. The molecule has 1 aromatic carbocycles. The molecule has 0 radical (unpaired) electrons. The van der Waals surface area contributed by atoms with Crippen LogP contribution in [0.1, 0.15) is 29.2 Å². The van der Waals surface area contributed by atoms with Crippen molar-refractivity contribution in [3.8, 4) is 0 Å². The van der Waals surface area contributed by atoms with Crippen molar-refractivity contribution in [1.82, 2.24) is 15.5 Å². The Balaban J connectivity index is 1.43. The van der Waals surface area contributed by atoms with Gasteiger partial charge in [-0.15, -0.1) is 0 Å². The smallest absolute Gasteiger partial charge is 0.315 e. The first-order valence-corrected chi connectivity index (χ1v) is 8.51. The normalized spacial score (nSPS) is 16.7. The fraction of sp³-hybridized carbons (Fsp3) is 0.368. The molecule has 0 saturated carbocycles. The molecule has 0 unspecified atom stereocenters. The van der Waals surface area contributed by atoms with Gasteiger partial charge in [0.05, 0.1) is 19.4 Å². The summed E-state index contributed by atoms with van der Waals surface area (Å²) in [7, 11) is 0. The van der Waals surface area contributed by atoms with E-state index >= 15 is 0 Å². The molecule has 132 valence electrons. The van der Waals surface area contributed by atoms with E-state index in [9.17, 15) is 9.59 Å². The van der Waals surface area contributed by atoms with Crippen LogP contribution in [0.5, 0.6) is 0 Å². The van der Waals surface area contributed by atoms with Crippen molar-refractivity contribution >= 4 is 11.9 Å². The number of furan rings is 1. The second kappa shape index (κ2) is 7.88. The zero-order valence-corrected chi connectivity index (χ0v) is 14.3. The number of amides is 3. The van der Waals surface area contributed by atoms with Crippen molar-refractivity contribution in [3.05, 3.63) is 59.5 Å². The SMILES string of the molecule is Cc1ccccc1[C@@H]1CCN(C(=O)CNC(=O)NCc2ccco2)C1. The van der Waals surface area contributed by atoms with Gasteiger partial charge in [0.15, 0.2) is 0 Å². The van der Waals surface area contributed by atoms with Gasteiger partial charge in [0.2, 0.25) is 5.91 Å². The number of likely N-dealkylation sites (tertiary alicyclic amines) is 1. The van der Waals surface area contributed by atoms with Gasteiger partial charge in [-0.05, 0) is 36.6 Å². The van der Waals surface area contributed by atoms with E-state index in [1.165, 1.54) is 11.1 Å². The van der Waals surface area contributed by atoms with Gasteiger partial charge in [0.1, 0.15) is 5.76 Å². The Morgan fingerprint density at radius 1 is 1.20 bits per heavy atom. The third kappa shape index (κ3) is 4.41. The number of benzene rings is 1. The molecule has 1 aromatic heterocycles. The summed E-state index contributed by atoms with van der Waals surface area (Å²) in [6, 6.07) is 11.5. The monoisotopic (exact) mass is 341 g/mol. The predicted octanol–water partition coefficient (Wildman–Crippen LogP) is 2.40. The molecule has 0 aliphatic carbocycles. The molecule has 6 nitrogen and oxygen atoms in total. The van der Waals surface area contributed by atoms with Crippen LogP contribution in [-0.2, 0) is 11.3 Å². The molecule has 0 spiro atoms. The Labute approximate surface area is 147 Å². The molecule has 6 heteroatoms. The number of carbonyl (C=O) groups is 2. The highest BCUT2D eigenvalue weighted by molar-refractivity contribution is 5.84. The van der Waals surface area contributed by atoms with Gasteiger partial charge in [-0.1, -0.05) is 24.3 Å². The highest BCUT2D eigenvalue weighted by Gasteiger charge is 2.27. The quantitative estimate of drug-likeness (QED) is 0.877. The number of rotatable bonds is 5. The van der Waals surface area contributed by atoms with Crippen LogP contribution in [0.3, 0.4) is 0 Å². The van der Waals surface area contributed by atoms with E-state index in [4.69, 9.17) is 4.42 Å². The average molecular weight is 341 g/mol. The maximum Gasteiger partial charge on any atom is 0.315 e. The second-order valence-electron chi connectivity index (χ2n) is 6.30. The van der Waals surface area contributed by atoms with Crippen LogP contribution < -0.4 is 10.6 Å². The number of urea groups is 1. The molecule has 3 amide bonds. The fourth-order valence-electron chi connectivity index (χ4n) is 3.20. The Kier molecular flexibility index (Phi) is 5.38. The lowest BCUT2D eigenvalue weighted by molar-refractivity contribution is -0.129. The van der Waals surface area contributed by atoms with Gasteiger partial charge in [0.25, 0.3) is 0 Å². The Morgan fingerprint density at radius 3 is 2.80 bits per heavy atom. The molecule has 3 rings (SSSR count). The highest BCUT2D eigenvalue weighted by Crippen LogP contribution is 2.29. The number of hydrogen-bond donors (Lipinski definition) is 2. The second-order valence-corrected chi connectivity index (χ2v) is 6.30. The van der Waals surface area contributed by atoms with Gasteiger partial charge in [-0.2, -0.15) is 0 Å². The molecule has 2 aromatic rings. The minimum atomic E-state index is -0.376. The molecular weight excluding hydrogens is 318 g/mol. The number of carbonyl (C=O) groups excluding carboxylic acids is 2. The number of nitrogens with zero attached hydrogens (tertiary/aromatic N) is 1. The summed E-state index contributed by atoms with van der Waals surface area (Å²) in [5.41, 5.74) is 2.57. The minimum Gasteiger partial charge on any atom is -0.467 e. The van der Waals surface area contributed by atoms with Crippen LogP contribution in [0.2, 0.25) is 0 Å². The summed E-state index contributed by atoms with van der Waals surface area (Å²) in [5, 5.41) is 5.26. The van der Waals surface area contributed by atoms with E-state index in [0.717, 1.165) is 13.0 Å². The molecule has 1 aliphatic rings. The molecule has 25 heavy (non-hydrogen) atoms. The Morgan fingerprint density at radius 2 is 2.04 bits per heavy atom.